The standard InChI is InChI=1S/C22H17NO4/c24-22(15-25-20-11-10-16-6-4-5-9-18(16)12-20)26-14-19-13-21(27-23-19)17-7-2-1-3-8-17/h1-13H,14-15H2. The molecule has 5 heteroatoms. The van der Waals surface area contributed by atoms with Crippen molar-refractivity contribution in [3.63, 3.8) is 0 Å². The highest BCUT2D eigenvalue weighted by Crippen LogP contribution is 2.21. The van der Waals surface area contributed by atoms with Crippen LogP contribution in [0, 0.1) is 0 Å². The summed E-state index contributed by atoms with van der Waals surface area (Å²) in [6.07, 6.45) is 0. The molecule has 0 radical (unpaired) electrons. The van der Waals surface area contributed by atoms with Crippen molar-refractivity contribution in [2.45, 2.75) is 6.61 Å². The molecule has 4 aromatic rings. The van der Waals surface area contributed by atoms with Crippen molar-refractivity contribution in [2.24, 2.45) is 0 Å². The predicted molar refractivity (Wildman–Crippen MR) is 101 cm³/mol. The summed E-state index contributed by atoms with van der Waals surface area (Å²) in [7, 11) is 0. The average Bonchev–Trinajstić information content (AvgIpc) is 3.20. The minimum Gasteiger partial charge on any atom is -0.482 e. The Morgan fingerprint density at radius 2 is 1.67 bits per heavy atom. The molecule has 0 amide bonds. The van der Waals surface area contributed by atoms with E-state index in [0.29, 0.717) is 17.2 Å². The molecule has 0 spiro atoms. The molecule has 0 aliphatic carbocycles. The molecule has 27 heavy (non-hydrogen) atoms. The van der Waals surface area contributed by atoms with E-state index in [2.05, 4.69) is 5.16 Å². The zero-order valence-electron chi connectivity index (χ0n) is 14.5. The van der Waals surface area contributed by atoms with Crippen LogP contribution < -0.4 is 4.74 Å². The second-order valence-corrected chi connectivity index (χ2v) is 6.01. The van der Waals surface area contributed by atoms with Crippen LogP contribution in [0.15, 0.2) is 83.4 Å². The predicted octanol–water partition coefficient (Wildman–Crippen LogP) is 4.62. The lowest BCUT2D eigenvalue weighted by Crippen LogP contribution is -2.14. The zero-order chi connectivity index (χ0) is 18.5. The van der Waals surface area contributed by atoms with Gasteiger partial charge in [0.15, 0.2) is 12.4 Å². The molecule has 0 aliphatic rings. The lowest BCUT2D eigenvalue weighted by atomic mass is 10.1. The van der Waals surface area contributed by atoms with Gasteiger partial charge in [-0.3, -0.25) is 0 Å². The number of carbonyl (C=O) groups is 1. The van der Waals surface area contributed by atoms with Gasteiger partial charge in [0.2, 0.25) is 0 Å². The summed E-state index contributed by atoms with van der Waals surface area (Å²) in [6.45, 7) is -0.127. The van der Waals surface area contributed by atoms with E-state index in [-0.39, 0.29) is 13.2 Å². The van der Waals surface area contributed by atoms with Crippen molar-refractivity contribution in [3.8, 4) is 17.1 Å². The van der Waals surface area contributed by atoms with E-state index in [1.54, 1.807) is 6.07 Å². The Labute approximate surface area is 156 Å². The Morgan fingerprint density at radius 3 is 2.52 bits per heavy atom. The van der Waals surface area contributed by atoms with E-state index in [9.17, 15) is 4.79 Å². The zero-order valence-corrected chi connectivity index (χ0v) is 14.5. The highest BCUT2D eigenvalue weighted by Gasteiger charge is 2.10. The number of nitrogens with zero attached hydrogens (tertiary/aromatic N) is 1. The molecular formula is C22H17NO4. The maximum absolute atomic E-state index is 11.9. The van der Waals surface area contributed by atoms with Gasteiger partial charge in [-0.25, -0.2) is 4.79 Å². The maximum Gasteiger partial charge on any atom is 0.344 e. The molecule has 0 atom stereocenters. The number of rotatable bonds is 6. The van der Waals surface area contributed by atoms with Crippen molar-refractivity contribution < 1.29 is 18.8 Å². The SMILES string of the molecule is O=C(COc1ccc2ccccc2c1)OCc1cc(-c2ccccc2)on1. The smallest absolute Gasteiger partial charge is 0.344 e. The Hall–Kier alpha value is -3.60. The summed E-state index contributed by atoms with van der Waals surface area (Å²) in [4.78, 5) is 11.9. The maximum atomic E-state index is 11.9. The second-order valence-electron chi connectivity index (χ2n) is 6.01. The normalized spacial score (nSPS) is 10.7. The van der Waals surface area contributed by atoms with Crippen molar-refractivity contribution >= 4 is 16.7 Å². The number of ether oxygens (including phenoxy) is 2. The fraction of sp³-hybridized carbons (Fsp3) is 0.0909. The van der Waals surface area contributed by atoms with Gasteiger partial charge in [0.1, 0.15) is 18.1 Å². The first-order valence-corrected chi connectivity index (χ1v) is 8.56. The highest BCUT2D eigenvalue weighted by atomic mass is 16.6. The number of hydrogen-bond acceptors (Lipinski definition) is 5. The van der Waals surface area contributed by atoms with Crippen LogP contribution in [0.4, 0.5) is 0 Å². The molecule has 0 bridgehead atoms. The van der Waals surface area contributed by atoms with Crippen LogP contribution in [0.3, 0.4) is 0 Å². The number of fused-ring (bicyclic) bond motifs is 1. The topological polar surface area (TPSA) is 61.6 Å². The molecule has 0 N–H and O–H groups in total. The van der Waals surface area contributed by atoms with Crippen molar-refractivity contribution in [1.82, 2.24) is 5.16 Å². The monoisotopic (exact) mass is 359 g/mol. The van der Waals surface area contributed by atoms with Crippen molar-refractivity contribution in [1.29, 1.82) is 0 Å². The summed E-state index contributed by atoms with van der Waals surface area (Å²) < 4.78 is 16.0. The molecule has 134 valence electrons. The van der Waals surface area contributed by atoms with Gasteiger partial charge in [-0.2, -0.15) is 0 Å². The number of carbonyl (C=O) groups excluding carboxylic acids is 1. The Balaban J connectivity index is 1.30. The minimum atomic E-state index is -0.465. The van der Waals surface area contributed by atoms with Gasteiger partial charge in [0.05, 0.1) is 0 Å². The van der Waals surface area contributed by atoms with E-state index >= 15 is 0 Å². The number of benzene rings is 3. The van der Waals surface area contributed by atoms with E-state index in [1.807, 2.05) is 72.8 Å². The fourth-order valence-corrected chi connectivity index (χ4v) is 2.71. The van der Waals surface area contributed by atoms with Crippen LogP contribution >= 0.6 is 0 Å². The van der Waals surface area contributed by atoms with Gasteiger partial charge in [0, 0.05) is 11.6 Å². The third-order valence-corrected chi connectivity index (χ3v) is 4.08. The summed E-state index contributed by atoms with van der Waals surface area (Å²) in [5, 5.41) is 6.10. The summed E-state index contributed by atoms with van der Waals surface area (Å²) in [5.74, 6) is 0.792. The summed E-state index contributed by atoms with van der Waals surface area (Å²) in [5.41, 5.74) is 1.47. The Kier molecular flexibility index (Phi) is 4.83. The van der Waals surface area contributed by atoms with Crippen LogP contribution in [0.2, 0.25) is 0 Å². The molecule has 3 aromatic carbocycles. The molecule has 0 saturated carbocycles. The molecule has 0 saturated heterocycles. The number of aromatic nitrogens is 1. The molecular weight excluding hydrogens is 342 g/mol. The molecule has 4 rings (SSSR count). The van der Waals surface area contributed by atoms with Crippen LogP contribution in [0.1, 0.15) is 5.69 Å². The van der Waals surface area contributed by atoms with Crippen LogP contribution in [-0.4, -0.2) is 17.7 Å². The van der Waals surface area contributed by atoms with Crippen LogP contribution in [0.5, 0.6) is 5.75 Å². The van der Waals surface area contributed by atoms with Gasteiger partial charge in [-0.15, -0.1) is 0 Å². The van der Waals surface area contributed by atoms with E-state index in [4.69, 9.17) is 14.0 Å². The first kappa shape index (κ1) is 16.8. The molecule has 0 aliphatic heterocycles. The quantitative estimate of drug-likeness (QED) is 0.470. The van der Waals surface area contributed by atoms with Crippen molar-refractivity contribution in [2.75, 3.05) is 6.61 Å². The van der Waals surface area contributed by atoms with Gasteiger partial charge < -0.3 is 14.0 Å². The molecule has 1 heterocycles. The first-order chi connectivity index (χ1) is 13.3. The highest BCUT2D eigenvalue weighted by molar-refractivity contribution is 5.83. The van der Waals surface area contributed by atoms with E-state index in [0.717, 1.165) is 16.3 Å². The van der Waals surface area contributed by atoms with Crippen molar-refractivity contribution in [3.05, 3.63) is 84.6 Å². The summed E-state index contributed by atoms with van der Waals surface area (Å²) in [6, 6.07) is 25.0. The third kappa shape index (κ3) is 4.15. The molecule has 5 nitrogen and oxygen atoms in total. The van der Waals surface area contributed by atoms with Gasteiger partial charge >= 0.3 is 5.97 Å². The minimum absolute atomic E-state index is 0.0379. The third-order valence-electron chi connectivity index (χ3n) is 4.08. The second kappa shape index (κ2) is 7.74. The van der Waals surface area contributed by atoms with Gasteiger partial charge in [-0.05, 0) is 22.9 Å². The van der Waals surface area contributed by atoms with Gasteiger partial charge in [-0.1, -0.05) is 65.8 Å². The average molecular weight is 359 g/mol. The lowest BCUT2D eigenvalue weighted by Gasteiger charge is -2.07. The van der Waals surface area contributed by atoms with E-state index < -0.39 is 5.97 Å². The number of hydrogen-bond donors (Lipinski definition) is 0. The van der Waals surface area contributed by atoms with E-state index in [1.165, 1.54) is 0 Å². The lowest BCUT2D eigenvalue weighted by molar-refractivity contribution is -0.147. The molecule has 0 unspecified atom stereocenters. The fourth-order valence-electron chi connectivity index (χ4n) is 2.71. The Bertz CT molecular complexity index is 1060. The van der Waals surface area contributed by atoms with Crippen LogP contribution in [0.25, 0.3) is 22.1 Å². The Morgan fingerprint density at radius 1 is 0.889 bits per heavy atom. The number of esters is 1. The molecule has 0 fully saturated rings. The molecule has 1 aromatic heterocycles. The largest absolute Gasteiger partial charge is 0.482 e. The van der Waals surface area contributed by atoms with Crippen LogP contribution in [-0.2, 0) is 16.1 Å². The van der Waals surface area contributed by atoms with Gasteiger partial charge in [0.25, 0.3) is 0 Å². The first-order valence-electron chi connectivity index (χ1n) is 8.56. The summed E-state index contributed by atoms with van der Waals surface area (Å²) >= 11 is 0.